The zero-order chi connectivity index (χ0) is 21.7. The van der Waals surface area contributed by atoms with Crippen LogP contribution in [0.5, 0.6) is 0 Å². The van der Waals surface area contributed by atoms with Crippen molar-refractivity contribution >= 4 is 11.8 Å². The van der Waals surface area contributed by atoms with Crippen molar-refractivity contribution in [3.05, 3.63) is 23.9 Å². The van der Waals surface area contributed by atoms with Gasteiger partial charge >= 0.3 is 0 Å². The van der Waals surface area contributed by atoms with Gasteiger partial charge in [-0.25, -0.2) is 9.98 Å². The average molecular weight is 434 g/mol. The van der Waals surface area contributed by atoms with Crippen molar-refractivity contribution in [2.24, 2.45) is 10.9 Å². The minimum absolute atomic E-state index is 0.251. The first-order valence-corrected chi connectivity index (χ1v) is 11.7. The molecule has 1 aromatic heterocycles. The number of hydrogen-bond donors (Lipinski definition) is 2. The van der Waals surface area contributed by atoms with Crippen molar-refractivity contribution in [3.63, 3.8) is 0 Å². The molecule has 2 fully saturated rings. The maximum Gasteiger partial charge on any atom is 0.191 e. The minimum Gasteiger partial charge on any atom is -0.381 e. The van der Waals surface area contributed by atoms with Crippen molar-refractivity contribution in [2.45, 2.75) is 45.8 Å². The molecular weight excluding hydrogens is 394 g/mol. The number of guanidine groups is 1. The molecule has 0 amide bonds. The van der Waals surface area contributed by atoms with E-state index in [2.05, 4.69) is 46.5 Å². The van der Waals surface area contributed by atoms with Crippen LogP contribution in [0.2, 0.25) is 0 Å². The van der Waals surface area contributed by atoms with Crippen LogP contribution in [-0.4, -0.2) is 76.3 Å². The molecule has 0 saturated carbocycles. The smallest absolute Gasteiger partial charge is 0.191 e. The highest BCUT2D eigenvalue weighted by Gasteiger charge is 2.17. The number of anilines is 1. The summed E-state index contributed by atoms with van der Waals surface area (Å²) in [6, 6.07) is 4.19. The second-order valence-electron chi connectivity index (χ2n) is 8.26. The Morgan fingerprint density at radius 2 is 2.13 bits per heavy atom. The molecule has 0 radical (unpaired) electrons. The predicted molar refractivity (Wildman–Crippen MR) is 124 cm³/mol. The van der Waals surface area contributed by atoms with Gasteiger partial charge < -0.3 is 29.7 Å². The van der Waals surface area contributed by atoms with E-state index in [0.29, 0.717) is 12.5 Å². The third-order valence-electron chi connectivity index (χ3n) is 5.59. The van der Waals surface area contributed by atoms with Crippen LogP contribution in [0.1, 0.15) is 38.7 Å². The Hall–Kier alpha value is -1.90. The monoisotopic (exact) mass is 433 g/mol. The van der Waals surface area contributed by atoms with Crippen molar-refractivity contribution < 1.29 is 14.2 Å². The van der Waals surface area contributed by atoms with Gasteiger partial charge in [-0.2, -0.15) is 0 Å². The van der Waals surface area contributed by atoms with Gasteiger partial charge in [0, 0.05) is 58.8 Å². The molecule has 1 unspecified atom stereocenters. The van der Waals surface area contributed by atoms with Gasteiger partial charge in [0.2, 0.25) is 0 Å². The number of nitrogens with zero attached hydrogens (tertiary/aromatic N) is 3. The zero-order valence-corrected chi connectivity index (χ0v) is 19.1. The topological polar surface area (TPSA) is 80.2 Å². The number of pyridine rings is 1. The van der Waals surface area contributed by atoms with Gasteiger partial charge in [0.1, 0.15) is 5.82 Å². The molecule has 0 bridgehead atoms. The summed E-state index contributed by atoms with van der Waals surface area (Å²) in [7, 11) is 0. The van der Waals surface area contributed by atoms with E-state index in [0.717, 1.165) is 95.8 Å². The number of nitrogens with one attached hydrogen (secondary N) is 2. The van der Waals surface area contributed by atoms with Crippen LogP contribution in [0.15, 0.2) is 23.3 Å². The Bertz CT molecular complexity index is 649. The molecule has 1 aromatic rings. The highest BCUT2D eigenvalue weighted by Crippen LogP contribution is 2.16. The van der Waals surface area contributed by atoms with Gasteiger partial charge in [0.05, 0.1) is 19.3 Å². The van der Waals surface area contributed by atoms with Crippen LogP contribution in [0.25, 0.3) is 0 Å². The summed E-state index contributed by atoms with van der Waals surface area (Å²) >= 11 is 0. The van der Waals surface area contributed by atoms with Gasteiger partial charge in [-0.1, -0.05) is 6.07 Å². The molecule has 0 spiro atoms. The van der Waals surface area contributed by atoms with Gasteiger partial charge in [0.25, 0.3) is 0 Å². The first-order chi connectivity index (χ1) is 15.2. The van der Waals surface area contributed by atoms with Crippen LogP contribution in [0.3, 0.4) is 0 Å². The van der Waals surface area contributed by atoms with Crippen LogP contribution in [-0.2, 0) is 20.8 Å². The maximum absolute atomic E-state index is 5.84. The summed E-state index contributed by atoms with van der Waals surface area (Å²) in [6.45, 7) is 12.4. The predicted octanol–water partition coefficient (Wildman–Crippen LogP) is 2.20. The standard InChI is InChI=1S/C23H39N5O3/c1-3-24-23(25-9-4-11-30-18-20-7-12-29-13-8-20)27-16-21-5-6-22(26-15-21)28-10-14-31-19(2)17-28/h5-6,15,19-20H,3-4,7-14,16-18H2,1-2H3,(H2,24,25,27). The summed E-state index contributed by atoms with van der Waals surface area (Å²) < 4.78 is 16.8. The summed E-state index contributed by atoms with van der Waals surface area (Å²) in [5, 5.41) is 6.70. The Morgan fingerprint density at radius 3 is 2.87 bits per heavy atom. The SMILES string of the molecule is CCNC(=NCc1ccc(N2CCOC(C)C2)nc1)NCCCOCC1CCOCC1. The third-order valence-corrected chi connectivity index (χ3v) is 5.59. The summed E-state index contributed by atoms with van der Waals surface area (Å²) in [5.41, 5.74) is 1.10. The number of ether oxygens (including phenoxy) is 3. The fourth-order valence-electron chi connectivity index (χ4n) is 3.78. The molecule has 174 valence electrons. The Balaban J connectivity index is 1.36. The molecule has 2 aliphatic heterocycles. The van der Waals surface area contributed by atoms with E-state index < -0.39 is 0 Å². The minimum atomic E-state index is 0.251. The second-order valence-corrected chi connectivity index (χ2v) is 8.26. The first-order valence-electron chi connectivity index (χ1n) is 11.7. The summed E-state index contributed by atoms with van der Waals surface area (Å²) in [4.78, 5) is 11.6. The highest BCUT2D eigenvalue weighted by atomic mass is 16.5. The molecule has 0 aromatic carbocycles. The summed E-state index contributed by atoms with van der Waals surface area (Å²) in [6.07, 6.45) is 5.38. The molecule has 8 nitrogen and oxygen atoms in total. The molecule has 8 heteroatoms. The fraction of sp³-hybridized carbons (Fsp3) is 0.739. The first kappa shape index (κ1) is 23.8. The molecule has 2 N–H and O–H groups in total. The van der Waals surface area contributed by atoms with Crippen LogP contribution in [0.4, 0.5) is 5.82 Å². The number of rotatable bonds is 10. The van der Waals surface area contributed by atoms with Gasteiger partial charge in [-0.15, -0.1) is 0 Å². The lowest BCUT2D eigenvalue weighted by Crippen LogP contribution is -2.41. The number of hydrogen-bond acceptors (Lipinski definition) is 6. The lowest BCUT2D eigenvalue weighted by molar-refractivity contribution is 0.0203. The van der Waals surface area contributed by atoms with Gasteiger partial charge in [-0.3, -0.25) is 0 Å². The van der Waals surface area contributed by atoms with E-state index in [9.17, 15) is 0 Å². The van der Waals surface area contributed by atoms with Crippen molar-refractivity contribution in [1.29, 1.82) is 0 Å². The second kappa shape index (κ2) is 13.5. The maximum atomic E-state index is 5.84. The Labute approximate surface area is 186 Å². The average Bonchev–Trinajstić information content (AvgIpc) is 2.80. The van der Waals surface area contributed by atoms with Crippen molar-refractivity contribution in [2.75, 3.05) is 64.1 Å². The lowest BCUT2D eigenvalue weighted by Gasteiger charge is -2.32. The molecular formula is C23H39N5O3. The van der Waals surface area contributed by atoms with E-state index in [-0.39, 0.29) is 6.10 Å². The van der Waals surface area contributed by atoms with Crippen molar-refractivity contribution in [1.82, 2.24) is 15.6 Å². The zero-order valence-electron chi connectivity index (χ0n) is 19.1. The normalized spacial score (nSPS) is 20.6. The molecule has 31 heavy (non-hydrogen) atoms. The largest absolute Gasteiger partial charge is 0.381 e. The molecule has 0 aliphatic carbocycles. The number of morpholine rings is 1. The molecule has 3 rings (SSSR count). The lowest BCUT2D eigenvalue weighted by atomic mass is 10.0. The van der Waals surface area contributed by atoms with Gasteiger partial charge in [-0.05, 0) is 50.7 Å². The van der Waals surface area contributed by atoms with E-state index >= 15 is 0 Å². The molecule has 1 atom stereocenters. The number of aliphatic imine (C=N–C) groups is 1. The van der Waals surface area contributed by atoms with Crippen LogP contribution >= 0.6 is 0 Å². The number of aromatic nitrogens is 1. The molecule has 2 saturated heterocycles. The van der Waals surface area contributed by atoms with E-state index in [1.54, 1.807) is 0 Å². The van der Waals surface area contributed by atoms with Crippen molar-refractivity contribution in [3.8, 4) is 0 Å². The highest BCUT2D eigenvalue weighted by molar-refractivity contribution is 5.79. The third kappa shape index (κ3) is 8.63. The Kier molecular flexibility index (Phi) is 10.3. The van der Waals surface area contributed by atoms with Gasteiger partial charge in [0.15, 0.2) is 5.96 Å². The molecule has 3 heterocycles. The van der Waals surface area contributed by atoms with Crippen LogP contribution in [0, 0.1) is 5.92 Å². The molecule has 2 aliphatic rings. The Morgan fingerprint density at radius 1 is 1.26 bits per heavy atom. The van der Waals surface area contributed by atoms with E-state index in [4.69, 9.17) is 19.2 Å². The van der Waals surface area contributed by atoms with E-state index in [1.807, 2.05) is 6.20 Å². The summed E-state index contributed by atoms with van der Waals surface area (Å²) in [5.74, 6) is 2.50. The fourth-order valence-corrected chi connectivity index (χ4v) is 3.78. The van der Waals surface area contributed by atoms with E-state index in [1.165, 1.54) is 0 Å². The quantitative estimate of drug-likeness (QED) is 0.333. The van der Waals surface area contributed by atoms with Crippen LogP contribution < -0.4 is 15.5 Å².